The molecule has 1 heterocycles. The summed E-state index contributed by atoms with van der Waals surface area (Å²) in [6, 6.07) is 7.58. The highest BCUT2D eigenvalue weighted by molar-refractivity contribution is 7.90. The third-order valence-electron chi connectivity index (χ3n) is 4.18. The first-order valence-electron chi connectivity index (χ1n) is 7.73. The van der Waals surface area contributed by atoms with Gasteiger partial charge in [0.05, 0.1) is 0 Å². The van der Waals surface area contributed by atoms with E-state index >= 15 is 0 Å². The van der Waals surface area contributed by atoms with Crippen molar-refractivity contribution >= 4 is 25.5 Å². The van der Waals surface area contributed by atoms with Crippen LogP contribution in [0.4, 0.5) is 5.69 Å². The summed E-state index contributed by atoms with van der Waals surface area (Å²) >= 11 is 0. The molecule has 3 N–H and O–H groups in total. The Labute approximate surface area is 147 Å². The fourth-order valence-electron chi connectivity index (χ4n) is 2.96. The van der Waals surface area contributed by atoms with Gasteiger partial charge in [-0.3, -0.25) is 0 Å². The lowest BCUT2D eigenvalue weighted by Crippen LogP contribution is -2.31. The predicted molar refractivity (Wildman–Crippen MR) is 94.2 cm³/mol. The molecule has 1 aliphatic carbocycles. The molecule has 0 radical (unpaired) electrons. The molecule has 1 aliphatic rings. The predicted octanol–water partition coefficient (Wildman–Crippen LogP) is 1.42. The zero-order valence-electron chi connectivity index (χ0n) is 13.6. The summed E-state index contributed by atoms with van der Waals surface area (Å²) < 4.78 is 50.8. The molecular formula is C16H19N3O4S2. The molecule has 0 saturated heterocycles. The number of nitrogens with two attached hydrogens (primary N) is 1. The Morgan fingerprint density at radius 3 is 2.56 bits per heavy atom. The number of pyridine rings is 1. The number of fused-ring (bicyclic) bond motifs is 1. The van der Waals surface area contributed by atoms with Crippen molar-refractivity contribution < 1.29 is 16.8 Å². The van der Waals surface area contributed by atoms with E-state index < -0.39 is 19.9 Å². The number of nitrogen functional groups attached to an aromatic ring is 1. The second-order valence-corrected chi connectivity index (χ2v) is 9.81. The summed E-state index contributed by atoms with van der Waals surface area (Å²) in [5, 5.41) is -0.162. The van der Waals surface area contributed by atoms with Crippen LogP contribution in [0, 0.1) is 0 Å². The van der Waals surface area contributed by atoms with Crippen molar-refractivity contribution in [2.75, 3.05) is 12.0 Å². The number of sulfonamides is 1. The van der Waals surface area contributed by atoms with Crippen molar-refractivity contribution in [3.8, 4) is 0 Å². The lowest BCUT2D eigenvalue weighted by molar-refractivity contribution is 0.507. The zero-order chi connectivity index (χ0) is 18.2. The van der Waals surface area contributed by atoms with E-state index in [2.05, 4.69) is 9.71 Å². The Hall–Kier alpha value is -1.97. The molecular weight excluding hydrogens is 362 g/mol. The van der Waals surface area contributed by atoms with Gasteiger partial charge in [0.1, 0.15) is 4.90 Å². The molecule has 0 fully saturated rings. The quantitative estimate of drug-likeness (QED) is 0.773. The Balaban J connectivity index is 1.88. The number of hydrogen-bond acceptors (Lipinski definition) is 6. The Bertz CT molecular complexity index is 1000. The fraction of sp³-hybridized carbons (Fsp3) is 0.312. The number of rotatable bonds is 4. The molecule has 25 heavy (non-hydrogen) atoms. The maximum Gasteiger partial charge on any atom is 0.242 e. The van der Waals surface area contributed by atoms with Crippen LogP contribution in [0.1, 0.15) is 30.0 Å². The lowest BCUT2D eigenvalue weighted by atomic mass is 9.88. The number of nitrogens with zero attached hydrogens (tertiary/aromatic N) is 1. The molecule has 1 aromatic carbocycles. The summed E-state index contributed by atoms with van der Waals surface area (Å²) in [6.45, 7) is 0. The van der Waals surface area contributed by atoms with Crippen LogP contribution in [0.2, 0.25) is 0 Å². The van der Waals surface area contributed by atoms with Gasteiger partial charge in [-0.2, -0.15) is 0 Å². The van der Waals surface area contributed by atoms with Crippen molar-refractivity contribution in [3.05, 3.63) is 47.7 Å². The monoisotopic (exact) mass is 381 g/mol. The normalized spacial score (nSPS) is 17.9. The van der Waals surface area contributed by atoms with Crippen molar-refractivity contribution in [3.63, 3.8) is 0 Å². The van der Waals surface area contributed by atoms with Gasteiger partial charge in [0.25, 0.3) is 0 Å². The molecule has 1 unspecified atom stereocenters. The van der Waals surface area contributed by atoms with Crippen LogP contribution in [-0.4, -0.2) is 28.1 Å². The van der Waals surface area contributed by atoms with Gasteiger partial charge in [-0.05, 0) is 54.7 Å². The van der Waals surface area contributed by atoms with E-state index in [1.54, 1.807) is 6.07 Å². The van der Waals surface area contributed by atoms with Crippen LogP contribution < -0.4 is 10.5 Å². The Kier molecular flexibility index (Phi) is 4.56. The zero-order valence-corrected chi connectivity index (χ0v) is 15.3. The molecule has 0 amide bonds. The molecule has 0 bridgehead atoms. The topological polar surface area (TPSA) is 119 Å². The number of aromatic nitrogens is 1. The smallest absolute Gasteiger partial charge is 0.242 e. The first kappa shape index (κ1) is 17.8. The van der Waals surface area contributed by atoms with Crippen LogP contribution in [0.25, 0.3) is 0 Å². The average Bonchev–Trinajstić information content (AvgIpc) is 2.54. The minimum atomic E-state index is -3.81. The number of benzene rings is 1. The van der Waals surface area contributed by atoms with Crippen LogP contribution >= 0.6 is 0 Å². The average molecular weight is 381 g/mol. The van der Waals surface area contributed by atoms with Crippen LogP contribution in [0.5, 0.6) is 0 Å². The summed E-state index contributed by atoms with van der Waals surface area (Å²) in [5.74, 6) is 0. The standard InChI is InChI=1S/C16H19N3O4S2/c1-24(20,21)16-8-6-13(10-18-16)25(22,23)19-15-4-2-3-11-9-12(17)5-7-14(11)15/h5-10,15,19H,2-4,17H2,1H3. The molecule has 2 aromatic rings. The highest BCUT2D eigenvalue weighted by Gasteiger charge is 2.26. The van der Waals surface area contributed by atoms with Crippen molar-refractivity contribution in [1.29, 1.82) is 0 Å². The maximum atomic E-state index is 12.6. The van der Waals surface area contributed by atoms with Crippen LogP contribution in [-0.2, 0) is 26.3 Å². The maximum absolute atomic E-state index is 12.6. The van der Waals surface area contributed by atoms with Crippen molar-refractivity contribution in [1.82, 2.24) is 9.71 Å². The van der Waals surface area contributed by atoms with Crippen molar-refractivity contribution in [2.45, 2.75) is 35.2 Å². The van der Waals surface area contributed by atoms with E-state index in [1.165, 1.54) is 12.1 Å². The van der Waals surface area contributed by atoms with E-state index in [1.807, 2.05) is 12.1 Å². The second kappa shape index (κ2) is 6.40. The summed E-state index contributed by atoms with van der Waals surface area (Å²) in [4.78, 5) is 3.67. The van der Waals surface area contributed by atoms with Gasteiger partial charge in [0.2, 0.25) is 10.0 Å². The number of hydrogen-bond donors (Lipinski definition) is 2. The van der Waals surface area contributed by atoms with Gasteiger partial charge in [0, 0.05) is 24.2 Å². The first-order valence-corrected chi connectivity index (χ1v) is 11.1. The minimum Gasteiger partial charge on any atom is -0.399 e. The fourth-order valence-corrected chi connectivity index (χ4v) is 4.71. The number of aryl methyl sites for hydroxylation is 1. The van der Waals surface area contributed by atoms with Gasteiger partial charge in [0.15, 0.2) is 14.9 Å². The highest BCUT2D eigenvalue weighted by atomic mass is 32.2. The summed E-state index contributed by atoms with van der Waals surface area (Å²) in [6.07, 6.45) is 4.49. The molecule has 0 saturated carbocycles. The molecule has 134 valence electrons. The third-order valence-corrected chi connectivity index (χ3v) is 6.64. The number of anilines is 1. The van der Waals surface area contributed by atoms with Crippen LogP contribution in [0.15, 0.2) is 46.5 Å². The summed E-state index contributed by atoms with van der Waals surface area (Å²) in [7, 11) is -7.29. The van der Waals surface area contributed by atoms with E-state index in [-0.39, 0.29) is 16.0 Å². The van der Waals surface area contributed by atoms with Gasteiger partial charge in [-0.1, -0.05) is 6.07 Å². The SMILES string of the molecule is CS(=O)(=O)c1ccc(S(=O)(=O)NC2CCCc3cc(N)ccc32)cn1. The molecule has 0 aliphatic heterocycles. The van der Waals surface area contributed by atoms with E-state index in [0.717, 1.165) is 36.4 Å². The molecule has 3 rings (SSSR count). The molecule has 1 aromatic heterocycles. The Morgan fingerprint density at radius 2 is 1.92 bits per heavy atom. The lowest BCUT2D eigenvalue weighted by Gasteiger charge is -2.26. The number of sulfone groups is 1. The van der Waals surface area contributed by atoms with Crippen LogP contribution in [0.3, 0.4) is 0 Å². The number of nitrogens with one attached hydrogen (secondary N) is 1. The largest absolute Gasteiger partial charge is 0.399 e. The van der Waals surface area contributed by atoms with Gasteiger partial charge >= 0.3 is 0 Å². The van der Waals surface area contributed by atoms with Gasteiger partial charge in [-0.25, -0.2) is 26.5 Å². The van der Waals surface area contributed by atoms with E-state index in [0.29, 0.717) is 12.1 Å². The van der Waals surface area contributed by atoms with E-state index in [4.69, 9.17) is 5.73 Å². The molecule has 9 heteroatoms. The highest BCUT2D eigenvalue weighted by Crippen LogP contribution is 2.32. The molecule has 0 spiro atoms. The molecule has 1 atom stereocenters. The second-order valence-electron chi connectivity index (χ2n) is 6.13. The first-order chi connectivity index (χ1) is 11.7. The van der Waals surface area contributed by atoms with Crippen molar-refractivity contribution in [2.24, 2.45) is 0 Å². The van der Waals surface area contributed by atoms with Gasteiger partial charge < -0.3 is 5.73 Å². The summed E-state index contributed by atoms with van der Waals surface area (Å²) in [5.41, 5.74) is 8.42. The van der Waals surface area contributed by atoms with Gasteiger partial charge in [-0.15, -0.1) is 0 Å². The molecule has 7 nitrogen and oxygen atoms in total. The van der Waals surface area contributed by atoms with E-state index in [9.17, 15) is 16.8 Å². The minimum absolute atomic E-state index is 0.0672. The Morgan fingerprint density at radius 1 is 1.16 bits per heavy atom. The third kappa shape index (κ3) is 3.83.